The summed E-state index contributed by atoms with van der Waals surface area (Å²) in [7, 11) is 1.38. The number of nitrogens with zero attached hydrogens (tertiary/aromatic N) is 3. The van der Waals surface area contributed by atoms with Crippen molar-refractivity contribution in [1.82, 2.24) is 15.0 Å². The Morgan fingerprint density at radius 3 is 2.87 bits per heavy atom. The van der Waals surface area contributed by atoms with Crippen molar-refractivity contribution < 1.29 is 14.3 Å². The van der Waals surface area contributed by atoms with E-state index in [2.05, 4.69) is 20.3 Å². The Kier molecular flexibility index (Phi) is 6.63. The number of aromatic nitrogens is 3. The molecule has 0 aliphatic heterocycles. The molecule has 0 saturated carbocycles. The van der Waals surface area contributed by atoms with Gasteiger partial charge in [-0.05, 0) is 19.1 Å². The van der Waals surface area contributed by atoms with Crippen LogP contribution in [-0.2, 0) is 9.53 Å². The van der Waals surface area contributed by atoms with Crippen LogP contribution in [0.4, 0.5) is 10.9 Å². The molecule has 0 aliphatic carbocycles. The second kappa shape index (κ2) is 9.76. The molecule has 0 unspecified atom stereocenters. The first-order valence-electron chi connectivity index (χ1n) is 9.53. The van der Waals surface area contributed by atoms with E-state index < -0.39 is 0 Å². The molecule has 0 radical (unpaired) electrons. The monoisotopic (exact) mass is 452 g/mol. The molecule has 158 valence electrons. The zero-order valence-corrected chi connectivity index (χ0v) is 18.6. The maximum Gasteiger partial charge on any atom is 0.306 e. The maximum absolute atomic E-state index is 11.5. The number of aryl methyl sites for hydroxylation is 1. The predicted molar refractivity (Wildman–Crippen MR) is 124 cm³/mol. The molecule has 4 aromatic rings. The Hall–Kier alpha value is -3.17. The smallest absolute Gasteiger partial charge is 0.306 e. The first-order chi connectivity index (χ1) is 15.1. The number of hydrogen-bond acceptors (Lipinski definition) is 9. The van der Waals surface area contributed by atoms with Crippen molar-refractivity contribution in [3.05, 3.63) is 59.7 Å². The summed E-state index contributed by atoms with van der Waals surface area (Å²) in [4.78, 5) is 25.7. The molecule has 1 N–H and O–H groups in total. The summed E-state index contributed by atoms with van der Waals surface area (Å²) in [6, 6.07) is 13.5. The van der Waals surface area contributed by atoms with E-state index in [9.17, 15) is 4.79 Å². The molecule has 4 rings (SSSR count). The van der Waals surface area contributed by atoms with Gasteiger partial charge in [-0.25, -0.2) is 15.0 Å². The average molecular weight is 453 g/mol. The van der Waals surface area contributed by atoms with Crippen LogP contribution in [0.2, 0.25) is 0 Å². The van der Waals surface area contributed by atoms with Crippen LogP contribution in [0.5, 0.6) is 11.6 Å². The fourth-order valence-electron chi connectivity index (χ4n) is 2.77. The van der Waals surface area contributed by atoms with Gasteiger partial charge in [-0.1, -0.05) is 18.2 Å². The summed E-state index contributed by atoms with van der Waals surface area (Å²) in [5.74, 6) is 1.99. The van der Waals surface area contributed by atoms with Crippen molar-refractivity contribution >= 4 is 50.9 Å². The van der Waals surface area contributed by atoms with Crippen LogP contribution < -0.4 is 10.1 Å². The van der Waals surface area contributed by atoms with Crippen LogP contribution in [0.25, 0.3) is 10.9 Å². The van der Waals surface area contributed by atoms with Gasteiger partial charge in [-0.15, -0.1) is 23.1 Å². The van der Waals surface area contributed by atoms with Crippen LogP contribution in [0.1, 0.15) is 12.1 Å². The van der Waals surface area contributed by atoms with E-state index in [0.29, 0.717) is 29.6 Å². The Bertz CT molecular complexity index is 1210. The van der Waals surface area contributed by atoms with Crippen LogP contribution in [-0.4, -0.2) is 33.8 Å². The van der Waals surface area contributed by atoms with Crippen LogP contribution in [0.3, 0.4) is 0 Å². The Labute approximate surface area is 187 Å². The van der Waals surface area contributed by atoms with E-state index in [0.717, 1.165) is 26.6 Å². The lowest BCUT2D eigenvalue weighted by molar-refractivity contribution is -0.140. The molecule has 0 spiro atoms. The molecular formula is C22H20N4O3S2. The maximum atomic E-state index is 11.5. The molecule has 1 aromatic carbocycles. The van der Waals surface area contributed by atoms with Gasteiger partial charge >= 0.3 is 5.97 Å². The van der Waals surface area contributed by atoms with Gasteiger partial charge in [-0.2, -0.15) is 0 Å². The molecule has 0 bridgehead atoms. The van der Waals surface area contributed by atoms with E-state index in [1.165, 1.54) is 30.2 Å². The van der Waals surface area contributed by atoms with Crippen LogP contribution >= 0.6 is 23.1 Å². The number of nitrogens with one attached hydrogen (secondary N) is 1. The third kappa shape index (κ3) is 5.50. The van der Waals surface area contributed by atoms with Gasteiger partial charge in [0.25, 0.3) is 0 Å². The Morgan fingerprint density at radius 1 is 1.19 bits per heavy atom. The molecule has 3 aromatic heterocycles. The number of benzene rings is 1. The highest BCUT2D eigenvalue weighted by molar-refractivity contribution is 7.99. The van der Waals surface area contributed by atoms with Crippen molar-refractivity contribution in [1.29, 1.82) is 0 Å². The number of ether oxygens (including phenoxy) is 2. The summed E-state index contributed by atoms with van der Waals surface area (Å²) >= 11 is 2.98. The third-order valence-electron chi connectivity index (χ3n) is 4.26. The Balaban J connectivity index is 1.59. The number of esters is 1. The molecule has 0 amide bonds. The minimum Gasteiger partial charge on any atom is -0.469 e. The predicted octanol–water partition coefficient (Wildman–Crippen LogP) is 5.59. The molecule has 0 aliphatic rings. The van der Waals surface area contributed by atoms with Gasteiger partial charge in [0.05, 0.1) is 29.6 Å². The minimum absolute atomic E-state index is 0.253. The molecule has 0 saturated heterocycles. The normalized spacial score (nSPS) is 10.8. The van der Waals surface area contributed by atoms with Gasteiger partial charge in [0.15, 0.2) is 5.13 Å². The van der Waals surface area contributed by atoms with E-state index >= 15 is 0 Å². The van der Waals surface area contributed by atoms with Gasteiger partial charge in [0.2, 0.25) is 5.88 Å². The highest BCUT2D eigenvalue weighted by Gasteiger charge is 2.12. The number of thiazole rings is 1. The number of hydrogen-bond donors (Lipinski definition) is 1. The van der Waals surface area contributed by atoms with Crippen LogP contribution in [0, 0.1) is 6.92 Å². The number of pyridine rings is 2. The zero-order valence-electron chi connectivity index (χ0n) is 17.0. The third-order valence-corrected chi connectivity index (χ3v) is 6.17. The van der Waals surface area contributed by atoms with Crippen LogP contribution in [0.15, 0.2) is 58.9 Å². The highest BCUT2D eigenvalue weighted by atomic mass is 32.2. The lowest BCUT2D eigenvalue weighted by atomic mass is 10.2. The summed E-state index contributed by atoms with van der Waals surface area (Å²) in [6.45, 7) is 1.94. The molecule has 31 heavy (non-hydrogen) atoms. The number of rotatable bonds is 8. The Morgan fingerprint density at radius 2 is 2.06 bits per heavy atom. The zero-order chi connectivity index (χ0) is 21.6. The van der Waals surface area contributed by atoms with Crippen molar-refractivity contribution in [2.45, 2.75) is 18.2 Å². The number of carbonyl (C=O) groups is 1. The quantitative estimate of drug-likeness (QED) is 0.274. The topological polar surface area (TPSA) is 86.2 Å². The van der Waals surface area contributed by atoms with E-state index in [1.807, 2.05) is 54.8 Å². The van der Waals surface area contributed by atoms with E-state index in [1.54, 1.807) is 6.20 Å². The number of anilines is 2. The second-order valence-electron chi connectivity index (χ2n) is 6.55. The summed E-state index contributed by atoms with van der Waals surface area (Å²) in [5.41, 5.74) is 1.80. The van der Waals surface area contributed by atoms with Crippen molar-refractivity contribution in [3.63, 3.8) is 0 Å². The lowest BCUT2D eigenvalue weighted by Crippen LogP contribution is -2.01. The van der Waals surface area contributed by atoms with Gasteiger partial charge in [0, 0.05) is 34.8 Å². The molecule has 7 nitrogen and oxygen atoms in total. The fraction of sp³-hybridized carbons (Fsp3) is 0.182. The first kappa shape index (κ1) is 21.1. The van der Waals surface area contributed by atoms with Gasteiger partial charge in [-0.3, -0.25) is 4.79 Å². The summed E-state index contributed by atoms with van der Waals surface area (Å²) in [5, 5.41) is 6.97. The van der Waals surface area contributed by atoms with Crippen molar-refractivity contribution in [2.24, 2.45) is 0 Å². The number of fused-ring (bicyclic) bond motifs is 1. The SMILES string of the molecule is COC(=O)CCSc1cnc(Nc2nc(C)cs2)cc1Oc1ccc2ccccc2n1. The average Bonchev–Trinajstić information content (AvgIpc) is 3.19. The molecule has 3 heterocycles. The number of thioether (sulfide) groups is 1. The molecule has 0 fully saturated rings. The van der Waals surface area contributed by atoms with Gasteiger partial charge in [0.1, 0.15) is 11.6 Å². The molecular weight excluding hydrogens is 432 g/mol. The number of para-hydroxylation sites is 1. The standard InChI is InChI=1S/C22H20N4O3S2/c1-14-13-31-22(24-14)26-19-11-17(18(12-23-19)30-10-9-21(27)28-2)29-20-8-7-15-5-3-4-6-16(15)25-20/h3-8,11-13H,9-10H2,1-2H3,(H,23,24,26). The van der Waals surface area contributed by atoms with Crippen molar-refractivity contribution in [3.8, 4) is 11.6 Å². The molecule has 9 heteroatoms. The van der Waals surface area contributed by atoms with E-state index in [-0.39, 0.29) is 5.97 Å². The van der Waals surface area contributed by atoms with Crippen molar-refractivity contribution in [2.75, 3.05) is 18.2 Å². The second-order valence-corrected chi connectivity index (χ2v) is 8.55. The largest absolute Gasteiger partial charge is 0.469 e. The molecule has 0 atom stereocenters. The highest BCUT2D eigenvalue weighted by Crippen LogP contribution is 2.35. The summed E-state index contributed by atoms with van der Waals surface area (Å²) < 4.78 is 10.9. The number of methoxy groups -OCH3 is 1. The summed E-state index contributed by atoms with van der Waals surface area (Å²) in [6.07, 6.45) is 2.02. The minimum atomic E-state index is -0.253. The van der Waals surface area contributed by atoms with E-state index in [4.69, 9.17) is 9.47 Å². The first-order valence-corrected chi connectivity index (χ1v) is 11.4. The lowest BCUT2D eigenvalue weighted by Gasteiger charge is -2.12. The number of carbonyl (C=O) groups excluding carboxylic acids is 1. The van der Waals surface area contributed by atoms with Gasteiger partial charge < -0.3 is 14.8 Å². The fourth-order valence-corrected chi connectivity index (χ4v) is 4.32.